The van der Waals surface area contributed by atoms with E-state index in [2.05, 4.69) is 237 Å². The number of aryl methyl sites for hydroxylation is 1. The lowest BCUT2D eigenvalue weighted by molar-refractivity contribution is 1.51. The van der Waals surface area contributed by atoms with E-state index >= 15 is 0 Å². The molecule has 0 bridgehead atoms. The highest BCUT2D eigenvalue weighted by Gasteiger charge is 2.42. The van der Waals surface area contributed by atoms with Crippen molar-refractivity contribution < 1.29 is 0 Å². The van der Waals surface area contributed by atoms with Crippen LogP contribution in [0.1, 0.15) is 5.56 Å². The van der Waals surface area contributed by atoms with Crippen molar-refractivity contribution in [2.75, 3.05) is 0 Å². The van der Waals surface area contributed by atoms with Crippen LogP contribution in [0.15, 0.2) is 224 Å². The van der Waals surface area contributed by atoms with Crippen LogP contribution in [0.3, 0.4) is 0 Å². The van der Waals surface area contributed by atoms with Crippen LogP contribution in [0.2, 0.25) is 0 Å². The second-order valence-electron chi connectivity index (χ2n) is 15.9. The Morgan fingerprint density at radius 1 is 0.350 bits per heavy atom. The van der Waals surface area contributed by atoms with Crippen molar-refractivity contribution in [3.63, 3.8) is 0 Å². The van der Waals surface area contributed by atoms with Crippen LogP contribution in [0, 0.1) is 19.1 Å². The molecule has 0 aliphatic carbocycles. The SMILES string of the molecule is Cc1ccc2c(-c3cccc(-c4cccc5ccccc45)c3)c3cc([Si](c4c#cccc4)(c4ccccc4)c4ccccc4)ccc3c(-c3cccc4ccccc34)c2c1. The van der Waals surface area contributed by atoms with Crippen LogP contribution >= 0.6 is 0 Å². The van der Waals surface area contributed by atoms with Gasteiger partial charge in [-0.05, 0) is 111 Å². The minimum absolute atomic E-state index is 1.19. The van der Waals surface area contributed by atoms with E-state index < -0.39 is 8.07 Å². The summed E-state index contributed by atoms with van der Waals surface area (Å²) in [6.45, 7) is 2.22. The Kier molecular flexibility index (Phi) is 8.74. The van der Waals surface area contributed by atoms with Crippen LogP contribution in [-0.4, -0.2) is 8.07 Å². The van der Waals surface area contributed by atoms with Gasteiger partial charge in [-0.2, -0.15) is 0 Å². The van der Waals surface area contributed by atoms with Gasteiger partial charge < -0.3 is 0 Å². The maximum atomic E-state index is 3.67. The van der Waals surface area contributed by atoms with Gasteiger partial charge in [0.05, 0.1) is 0 Å². The summed E-state index contributed by atoms with van der Waals surface area (Å²) in [4.78, 5) is 0. The van der Waals surface area contributed by atoms with Gasteiger partial charge in [-0.15, -0.1) is 0 Å². The number of hydrogen-bond donors (Lipinski definition) is 0. The molecule has 11 rings (SSSR count). The van der Waals surface area contributed by atoms with Crippen molar-refractivity contribution in [1.29, 1.82) is 0 Å². The maximum Gasteiger partial charge on any atom is 0.189 e. The molecule has 0 unspecified atom stereocenters. The molecule has 0 atom stereocenters. The third-order valence-electron chi connectivity index (χ3n) is 12.5. The quantitative estimate of drug-likeness (QED) is 0.0859. The van der Waals surface area contributed by atoms with Crippen molar-refractivity contribution >= 4 is 71.9 Å². The first-order valence-electron chi connectivity index (χ1n) is 20.8. The zero-order valence-corrected chi connectivity index (χ0v) is 34.4. The molecule has 0 heterocycles. The highest BCUT2D eigenvalue weighted by molar-refractivity contribution is 7.19. The molecule has 0 fully saturated rings. The molecule has 0 aromatic heterocycles. The first-order valence-corrected chi connectivity index (χ1v) is 22.8. The van der Waals surface area contributed by atoms with E-state index in [1.165, 1.54) is 103 Å². The summed E-state index contributed by atoms with van der Waals surface area (Å²) in [5.74, 6) is 0. The summed E-state index contributed by atoms with van der Waals surface area (Å²) in [6, 6.07) is 90.3. The number of rotatable bonds is 7. The molecular formula is C59H40Si. The van der Waals surface area contributed by atoms with Crippen LogP contribution in [0.5, 0.6) is 0 Å². The third kappa shape index (κ3) is 5.76. The van der Waals surface area contributed by atoms with Gasteiger partial charge in [0, 0.05) is 5.19 Å². The van der Waals surface area contributed by atoms with Crippen LogP contribution in [-0.2, 0) is 0 Å². The van der Waals surface area contributed by atoms with E-state index in [0.29, 0.717) is 0 Å². The lowest BCUT2D eigenvalue weighted by Crippen LogP contribution is -2.74. The summed E-state index contributed by atoms with van der Waals surface area (Å²) < 4.78 is 0. The maximum absolute atomic E-state index is 3.67. The molecule has 60 heavy (non-hydrogen) atoms. The molecule has 0 radical (unpaired) electrons. The molecule has 0 aliphatic rings. The van der Waals surface area contributed by atoms with E-state index in [4.69, 9.17) is 0 Å². The van der Waals surface area contributed by atoms with E-state index in [9.17, 15) is 0 Å². The molecule has 1 heteroatoms. The fourth-order valence-electron chi connectivity index (χ4n) is 9.85. The molecule has 0 N–H and O–H groups in total. The zero-order chi connectivity index (χ0) is 40.0. The average molecular weight is 777 g/mol. The molecule has 0 amide bonds. The van der Waals surface area contributed by atoms with Gasteiger partial charge >= 0.3 is 0 Å². The largest absolute Gasteiger partial charge is 0.189 e. The van der Waals surface area contributed by atoms with E-state index in [1.54, 1.807) is 0 Å². The molecular weight excluding hydrogens is 737 g/mol. The normalized spacial score (nSPS) is 11.6. The lowest BCUT2D eigenvalue weighted by Gasteiger charge is -2.33. The zero-order valence-electron chi connectivity index (χ0n) is 33.4. The second-order valence-corrected chi connectivity index (χ2v) is 19.7. The lowest BCUT2D eigenvalue weighted by atomic mass is 9.83. The van der Waals surface area contributed by atoms with E-state index in [1.807, 2.05) is 6.07 Å². The average Bonchev–Trinajstić information content (AvgIpc) is 3.32. The summed E-state index contributed by atoms with van der Waals surface area (Å²) >= 11 is 0. The highest BCUT2D eigenvalue weighted by atomic mass is 28.3. The Balaban J connectivity index is 1.30. The summed E-state index contributed by atoms with van der Waals surface area (Å²) in [7, 11) is -2.94. The van der Waals surface area contributed by atoms with Crippen molar-refractivity contribution in [2.24, 2.45) is 0 Å². The topological polar surface area (TPSA) is 0 Å². The Morgan fingerprint density at radius 3 is 1.62 bits per heavy atom. The monoisotopic (exact) mass is 776 g/mol. The standard InChI is InChI=1S/C59H40Si/c1-41-34-36-54-56(38-41)59(53-33-17-21-43-19-12-14-31-51(43)53)55-37-35-49(60(46-24-5-2-6-25-46,47-26-7-3-8-27-47)48-28-9-4-10-29-48)40-57(55)58(54)45-23-15-22-44(39-45)52-32-16-20-42-18-11-13-30-50(42)52/h2-9,11-28,30-40H,1H3. The van der Waals surface area contributed by atoms with Crippen molar-refractivity contribution in [2.45, 2.75) is 6.92 Å². The van der Waals surface area contributed by atoms with Crippen LogP contribution < -0.4 is 20.7 Å². The number of benzene rings is 10. The molecule has 0 saturated heterocycles. The van der Waals surface area contributed by atoms with Gasteiger partial charge in [-0.3, -0.25) is 0 Å². The minimum atomic E-state index is -2.94. The van der Waals surface area contributed by atoms with E-state index in [-0.39, 0.29) is 0 Å². The fraction of sp³-hybridized carbons (Fsp3) is 0.0169. The Labute approximate surface area is 352 Å². The molecule has 0 nitrogen and oxygen atoms in total. The highest BCUT2D eigenvalue weighted by Crippen LogP contribution is 2.46. The minimum Gasteiger partial charge on any atom is -0.0703 e. The van der Waals surface area contributed by atoms with Crippen molar-refractivity contribution in [3.8, 4) is 33.4 Å². The first-order chi connectivity index (χ1) is 29.7. The van der Waals surface area contributed by atoms with Gasteiger partial charge in [-0.25, -0.2) is 0 Å². The van der Waals surface area contributed by atoms with Crippen molar-refractivity contribution in [3.05, 3.63) is 242 Å². The predicted octanol–water partition coefficient (Wildman–Crippen LogP) is 12.6. The van der Waals surface area contributed by atoms with Gasteiger partial charge in [-0.1, -0.05) is 230 Å². The summed E-state index contributed by atoms with van der Waals surface area (Å²) in [6.07, 6.45) is 0. The smallest absolute Gasteiger partial charge is 0.0703 e. The first kappa shape index (κ1) is 35.6. The van der Waals surface area contributed by atoms with Gasteiger partial charge in [0.15, 0.2) is 8.07 Å². The van der Waals surface area contributed by atoms with Crippen LogP contribution in [0.25, 0.3) is 76.5 Å². The molecule has 11 aromatic carbocycles. The van der Waals surface area contributed by atoms with Gasteiger partial charge in [0.1, 0.15) is 0 Å². The fourth-order valence-corrected chi connectivity index (χ4v) is 14.5. The third-order valence-corrected chi connectivity index (χ3v) is 17.2. The Morgan fingerprint density at radius 2 is 0.917 bits per heavy atom. The summed E-state index contributed by atoms with van der Waals surface area (Å²) in [5, 5.41) is 15.1. The van der Waals surface area contributed by atoms with Crippen molar-refractivity contribution in [1.82, 2.24) is 0 Å². The summed E-state index contributed by atoms with van der Waals surface area (Å²) in [5.41, 5.74) is 8.66. The molecule has 0 aliphatic heterocycles. The van der Waals surface area contributed by atoms with Gasteiger partial charge in [0.25, 0.3) is 0 Å². The molecule has 280 valence electrons. The molecule has 11 aromatic rings. The number of fused-ring (bicyclic) bond motifs is 4. The molecule has 0 spiro atoms. The Hall–Kier alpha value is -7.50. The van der Waals surface area contributed by atoms with E-state index in [0.717, 1.165) is 0 Å². The number of hydrogen-bond acceptors (Lipinski definition) is 0. The second kappa shape index (κ2) is 14.7. The molecule has 0 saturated carbocycles. The van der Waals surface area contributed by atoms with Crippen LogP contribution in [0.4, 0.5) is 0 Å². The predicted molar refractivity (Wildman–Crippen MR) is 259 cm³/mol. The Bertz CT molecular complexity index is 3260. The van der Waals surface area contributed by atoms with Gasteiger partial charge in [0.2, 0.25) is 0 Å².